The molecule has 0 aromatic heterocycles. The normalized spacial score (nSPS) is 22.8. The lowest BCUT2D eigenvalue weighted by atomic mass is 9.86. The molecule has 1 saturated carbocycles. The van der Waals surface area contributed by atoms with Crippen molar-refractivity contribution in [2.45, 2.75) is 36.6 Å². The standard InChI is InChI=1S/C14H18BrNO4S/c1-20-14(17)10-6-8-11(9-7-10)16-21(18,19)13-5-3-2-4-12(13)15/h2-5,10-11,16H,6-9H2,1H3. The van der Waals surface area contributed by atoms with Crippen molar-refractivity contribution in [1.29, 1.82) is 0 Å². The number of esters is 1. The SMILES string of the molecule is COC(=O)C1CCC(NS(=O)(=O)c2ccccc2Br)CC1. The van der Waals surface area contributed by atoms with Crippen LogP contribution in [0.1, 0.15) is 25.7 Å². The summed E-state index contributed by atoms with van der Waals surface area (Å²) in [5, 5.41) is 0. The summed E-state index contributed by atoms with van der Waals surface area (Å²) >= 11 is 3.25. The topological polar surface area (TPSA) is 72.5 Å². The molecule has 1 N–H and O–H groups in total. The van der Waals surface area contributed by atoms with E-state index in [0.717, 1.165) is 0 Å². The second-order valence-corrected chi connectivity index (χ2v) is 7.66. The summed E-state index contributed by atoms with van der Waals surface area (Å²) in [6.45, 7) is 0. The minimum absolute atomic E-state index is 0.112. The lowest BCUT2D eigenvalue weighted by Gasteiger charge is -2.27. The predicted molar refractivity (Wildman–Crippen MR) is 82.2 cm³/mol. The molecule has 1 aromatic carbocycles. The molecule has 1 aromatic rings. The number of methoxy groups -OCH3 is 1. The Morgan fingerprint density at radius 1 is 1.24 bits per heavy atom. The Labute approximate surface area is 133 Å². The van der Waals surface area contributed by atoms with Gasteiger partial charge in [-0.2, -0.15) is 0 Å². The van der Waals surface area contributed by atoms with Crippen LogP contribution in [0.15, 0.2) is 33.6 Å². The largest absolute Gasteiger partial charge is 0.469 e. The summed E-state index contributed by atoms with van der Waals surface area (Å²) in [4.78, 5) is 11.7. The molecule has 21 heavy (non-hydrogen) atoms. The summed E-state index contributed by atoms with van der Waals surface area (Å²) in [5.41, 5.74) is 0. The van der Waals surface area contributed by atoms with Crippen molar-refractivity contribution < 1.29 is 17.9 Å². The fourth-order valence-corrected chi connectivity index (χ4v) is 4.87. The van der Waals surface area contributed by atoms with E-state index in [1.54, 1.807) is 24.3 Å². The molecule has 1 fully saturated rings. The summed E-state index contributed by atoms with van der Waals surface area (Å²) < 4.78 is 32.7. The van der Waals surface area contributed by atoms with Gasteiger partial charge in [0.25, 0.3) is 0 Å². The van der Waals surface area contributed by atoms with Gasteiger partial charge in [0.05, 0.1) is 17.9 Å². The molecule has 1 aliphatic carbocycles. The molecule has 2 rings (SSSR count). The maximum absolute atomic E-state index is 12.4. The zero-order valence-electron chi connectivity index (χ0n) is 11.7. The van der Waals surface area contributed by atoms with Gasteiger partial charge in [0.2, 0.25) is 10.0 Å². The zero-order valence-corrected chi connectivity index (χ0v) is 14.1. The van der Waals surface area contributed by atoms with Crippen molar-refractivity contribution >= 4 is 31.9 Å². The molecule has 0 unspecified atom stereocenters. The average Bonchev–Trinajstić information content (AvgIpc) is 2.47. The maximum atomic E-state index is 12.4. The second-order valence-electron chi connectivity index (χ2n) is 5.12. The molecule has 0 heterocycles. The van der Waals surface area contributed by atoms with Gasteiger partial charge in [-0.25, -0.2) is 13.1 Å². The minimum Gasteiger partial charge on any atom is -0.469 e. The highest BCUT2D eigenvalue weighted by Crippen LogP contribution is 2.27. The molecule has 1 aliphatic rings. The number of carbonyl (C=O) groups excluding carboxylic acids is 1. The molecule has 0 spiro atoms. The van der Waals surface area contributed by atoms with Crippen molar-refractivity contribution in [3.8, 4) is 0 Å². The van der Waals surface area contributed by atoms with Gasteiger partial charge in [0, 0.05) is 10.5 Å². The second kappa shape index (κ2) is 6.89. The van der Waals surface area contributed by atoms with E-state index in [-0.39, 0.29) is 22.8 Å². The molecular weight excluding hydrogens is 358 g/mol. The Morgan fingerprint density at radius 2 is 1.86 bits per heavy atom. The van der Waals surface area contributed by atoms with E-state index in [1.807, 2.05) is 0 Å². The number of ether oxygens (including phenoxy) is 1. The predicted octanol–water partition coefficient (Wildman–Crippen LogP) is 2.46. The molecule has 0 bridgehead atoms. The number of benzene rings is 1. The number of halogens is 1. The molecule has 0 aliphatic heterocycles. The first kappa shape index (κ1) is 16.5. The van der Waals surface area contributed by atoms with Crippen LogP contribution in [0, 0.1) is 5.92 Å². The molecular formula is C14H18BrNO4S. The summed E-state index contributed by atoms with van der Waals surface area (Å²) in [7, 11) is -2.17. The van der Waals surface area contributed by atoms with Gasteiger partial charge >= 0.3 is 5.97 Å². The molecule has 0 atom stereocenters. The van der Waals surface area contributed by atoms with E-state index >= 15 is 0 Å². The van der Waals surface area contributed by atoms with Crippen LogP contribution in [-0.2, 0) is 19.6 Å². The van der Waals surface area contributed by atoms with Crippen LogP contribution < -0.4 is 4.72 Å². The number of hydrogen-bond acceptors (Lipinski definition) is 4. The third-order valence-corrected chi connectivity index (χ3v) is 6.24. The Kier molecular flexibility index (Phi) is 5.40. The van der Waals surface area contributed by atoms with Gasteiger partial charge in [-0.15, -0.1) is 0 Å². The first-order valence-electron chi connectivity index (χ1n) is 6.78. The number of rotatable bonds is 4. The summed E-state index contributed by atoms with van der Waals surface area (Å²) in [6.07, 6.45) is 2.58. The van der Waals surface area contributed by atoms with Crippen molar-refractivity contribution in [3.05, 3.63) is 28.7 Å². The van der Waals surface area contributed by atoms with Gasteiger partial charge in [-0.3, -0.25) is 4.79 Å². The van der Waals surface area contributed by atoms with Crippen molar-refractivity contribution in [2.75, 3.05) is 7.11 Å². The third-order valence-electron chi connectivity index (χ3n) is 3.71. The number of nitrogens with one attached hydrogen (secondary N) is 1. The monoisotopic (exact) mass is 375 g/mol. The Balaban J connectivity index is 2.00. The zero-order chi connectivity index (χ0) is 15.5. The van der Waals surface area contributed by atoms with Crippen molar-refractivity contribution in [2.24, 2.45) is 5.92 Å². The maximum Gasteiger partial charge on any atom is 0.308 e. The third kappa shape index (κ3) is 4.05. The first-order chi connectivity index (χ1) is 9.94. The van der Waals surface area contributed by atoms with Crippen LogP contribution in [0.3, 0.4) is 0 Å². The number of sulfonamides is 1. The molecule has 116 valence electrons. The quantitative estimate of drug-likeness (QED) is 0.820. The number of hydrogen-bond donors (Lipinski definition) is 1. The average molecular weight is 376 g/mol. The fraction of sp³-hybridized carbons (Fsp3) is 0.500. The molecule has 0 radical (unpaired) electrons. The lowest BCUT2D eigenvalue weighted by molar-refractivity contribution is -0.146. The molecule has 0 saturated heterocycles. The fourth-order valence-electron chi connectivity index (χ4n) is 2.56. The van der Waals surface area contributed by atoms with Gasteiger partial charge in [0.15, 0.2) is 0 Å². The Bertz CT molecular complexity index is 609. The van der Waals surface area contributed by atoms with Gasteiger partial charge in [0.1, 0.15) is 0 Å². The lowest BCUT2D eigenvalue weighted by Crippen LogP contribution is -2.38. The van der Waals surface area contributed by atoms with Crippen LogP contribution in [0.25, 0.3) is 0 Å². The molecule has 5 nitrogen and oxygen atoms in total. The van der Waals surface area contributed by atoms with Crippen LogP contribution in [0.5, 0.6) is 0 Å². The minimum atomic E-state index is -3.55. The summed E-state index contributed by atoms with van der Waals surface area (Å²) in [6, 6.07) is 6.58. The van der Waals surface area contributed by atoms with Crippen LogP contribution in [-0.4, -0.2) is 27.5 Å². The highest BCUT2D eigenvalue weighted by molar-refractivity contribution is 9.10. The van der Waals surface area contributed by atoms with Crippen LogP contribution in [0.4, 0.5) is 0 Å². The van der Waals surface area contributed by atoms with Gasteiger partial charge < -0.3 is 4.74 Å². The Hall–Kier alpha value is -0.920. The van der Waals surface area contributed by atoms with E-state index in [4.69, 9.17) is 4.74 Å². The van der Waals surface area contributed by atoms with Gasteiger partial charge in [-0.05, 0) is 53.7 Å². The Morgan fingerprint density at radius 3 is 2.43 bits per heavy atom. The number of carbonyl (C=O) groups is 1. The highest BCUT2D eigenvalue weighted by atomic mass is 79.9. The molecule has 7 heteroatoms. The summed E-state index contributed by atoms with van der Waals surface area (Å²) in [5.74, 6) is -0.318. The smallest absolute Gasteiger partial charge is 0.308 e. The first-order valence-corrected chi connectivity index (χ1v) is 9.06. The highest BCUT2D eigenvalue weighted by Gasteiger charge is 2.30. The van der Waals surface area contributed by atoms with Crippen LogP contribution in [0.2, 0.25) is 0 Å². The van der Waals surface area contributed by atoms with Crippen LogP contribution >= 0.6 is 15.9 Å². The van der Waals surface area contributed by atoms with Gasteiger partial charge in [-0.1, -0.05) is 12.1 Å². The van der Waals surface area contributed by atoms with E-state index in [9.17, 15) is 13.2 Å². The van der Waals surface area contributed by atoms with Crippen molar-refractivity contribution in [3.63, 3.8) is 0 Å². The molecule has 0 amide bonds. The van der Waals surface area contributed by atoms with Crippen molar-refractivity contribution in [1.82, 2.24) is 4.72 Å². The van der Waals surface area contributed by atoms with E-state index in [1.165, 1.54) is 7.11 Å². The van der Waals surface area contributed by atoms with E-state index < -0.39 is 10.0 Å². The van der Waals surface area contributed by atoms with E-state index in [2.05, 4.69) is 20.7 Å². The van der Waals surface area contributed by atoms with E-state index in [0.29, 0.717) is 30.2 Å².